The average Bonchev–Trinajstić information content (AvgIpc) is 2.86. The lowest BCUT2D eigenvalue weighted by Gasteiger charge is -2.11. The van der Waals surface area contributed by atoms with E-state index in [1.54, 1.807) is 6.92 Å². The minimum Gasteiger partial charge on any atom is -0.391 e. The van der Waals surface area contributed by atoms with E-state index < -0.39 is 6.10 Å². The fraction of sp³-hybridized carbons (Fsp3) is 0.500. The van der Waals surface area contributed by atoms with E-state index in [2.05, 4.69) is 20.4 Å². The Morgan fingerprint density at radius 3 is 3.05 bits per heavy atom. The van der Waals surface area contributed by atoms with Crippen LogP contribution in [0.15, 0.2) is 12.5 Å². The van der Waals surface area contributed by atoms with Crippen LogP contribution >= 0.6 is 0 Å². The van der Waals surface area contributed by atoms with E-state index in [1.807, 2.05) is 6.92 Å². The van der Waals surface area contributed by atoms with Crippen LogP contribution in [0.2, 0.25) is 0 Å². The smallest absolute Gasteiger partial charge is 0.254 e. The van der Waals surface area contributed by atoms with Crippen molar-refractivity contribution in [2.24, 2.45) is 0 Å². The summed E-state index contributed by atoms with van der Waals surface area (Å²) in [5.74, 6) is 0.192. The molecule has 0 aliphatic carbocycles. The first kappa shape index (κ1) is 13.4. The van der Waals surface area contributed by atoms with Crippen molar-refractivity contribution in [3.63, 3.8) is 0 Å². The molecule has 0 bridgehead atoms. The summed E-state index contributed by atoms with van der Waals surface area (Å²) in [7, 11) is 0. The van der Waals surface area contributed by atoms with Crippen molar-refractivity contribution in [3.8, 4) is 0 Å². The minimum atomic E-state index is -0.516. The molecule has 2 rings (SSSR count). The molecule has 1 atom stereocenters. The van der Waals surface area contributed by atoms with Crippen molar-refractivity contribution >= 4 is 11.7 Å². The van der Waals surface area contributed by atoms with Crippen LogP contribution in [0, 0.1) is 6.92 Å². The van der Waals surface area contributed by atoms with Gasteiger partial charge in [-0.2, -0.15) is 10.1 Å². The van der Waals surface area contributed by atoms with Gasteiger partial charge in [0.2, 0.25) is 0 Å². The molecule has 102 valence electrons. The molecule has 2 N–H and O–H groups in total. The molecule has 0 saturated heterocycles. The van der Waals surface area contributed by atoms with Crippen LogP contribution in [0.4, 0.5) is 0 Å². The molecule has 1 amide bonds. The molecule has 0 aliphatic heterocycles. The number of hydrogen-bond acceptors (Lipinski definition) is 5. The number of aromatic nitrogens is 4. The van der Waals surface area contributed by atoms with Gasteiger partial charge in [0.15, 0.2) is 0 Å². The third kappa shape index (κ3) is 2.87. The Morgan fingerprint density at radius 2 is 2.32 bits per heavy atom. The van der Waals surface area contributed by atoms with Crippen molar-refractivity contribution in [2.45, 2.75) is 32.8 Å². The van der Waals surface area contributed by atoms with Gasteiger partial charge in [-0.05, 0) is 13.3 Å². The van der Waals surface area contributed by atoms with Crippen LogP contribution in [-0.4, -0.2) is 43.2 Å². The Morgan fingerprint density at radius 1 is 1.53 bits per heavy atom. The molecule has 7 heteroatoms. The molecule has 1 unspecified atom stereocenters. The van der Waals surface area contributed by atoms with Gasteiger partial charge in [0, 0.05) is 12.7 Å². The number of carbonyl (C=O) groups excluding carboxylic acids is 1. The highest BCUT2D eigenvalue weighted by Gasteiger charge is 2.14. The monoisotopic (exact) mass is 263 g/mol. The fourth-order valence-electron chi connectivity index (χ4n) is 1.85. The lowest BCUT2D eigenvalue weighted by atomic mass is 10.2. The maximum Gasteiger partial charge on any atom is 0.254 e. The molecular formula is C12H17N5O2. The molecular weight excluding hydrogens is 246 g/mol. The maximum absolute atomic E-state index is 12.0. The van der Waals surface area contributed by atoms with E-state index in [0.717, 1.165) is 6.42 Å². The minimum absolute atomic E-state index is 0.238. The number of aryl methyl sites for hydroxylation is 1. The van der Waals surface area contributed by atoms with E-state index in [0.29, 0.717) is 23.5 Å². The van der Waals surface area contributed by atoms with E-state index in [-0.39, 0.29) is 12.5 Å². The number of nitrogens with zero attached hydrogens (tertiary/aromatic N) is 4. The van der Waals surface area contributed by atoms with Gasteiger partial charge >= 0.3 is 0 Å². The number of hydrogen-bond donors (Lipinski definition) is 2. The van der Waals surface area contributed by atoms with Gasteiger partial charge in [0.25, 0.3) is 11.7 Å². The molecule has 2 aromatic rings. The average molecular weight is 263 g/mol. The molecule has 0 spiro atoms. The quantitative estimate of drug-likeness (QED) is 0.810. The lowest BCUT2D eigenvalue weighted by Crippen LogP contribution is -2.32. The summed E-state index contributed by atoms with van der Waals surface area (Å²) in [5.41, 5.74) is 1.10. The first-order valence-electron chi connectivity index (χ1n) is 6.25. The zero-order chi connectivity index (χ0) is 13.8. The Labute approximate surface area is 110 Å². The first-order chi connectivity index (χ1) is 9.13. The Bertz CT molecular complexity index is 581. The number of amides is 1. The normalized spacial score (nSPS) is 12.6. The molecule has 0 aliphatic rings. The Balaban J connectivity index is 2.11. The van der Waals surface area contributed by atoms with Crippen molar-refractivity contribution in [1.82, 2.24) is 24.9 Å². The van der Waals surface area contributed by atoms with Gasteiger partial charge in [-0.15, -0.1) is 0 Å². The zero-order valence-electron chi connectivity index (χ0n) is 11.0. The summed E-state index contributed by atoms with van der Waals surface area (Å²) >= 11 is 0. The van der Waals surface area contributed by atoms with Crippen molar-refractivity contribution < 1.29 is 9.90 Å². The van der Waals surface area contributed by atoms with Crippen LogP contribution in [0.5, 0.6) is 0 Å². The molecule has 7 nitrogen and oxygen atoms in total. The SMILES string of the molecule is CCCC(O)CNC(=O)c1cnc2ncnn2c1C. The van der Waals surface area contributed by atoms with E-state index >= 15 is 0 Å². The topological polar surface area (TPSA) is 92.4 Å². The summed E-state index contributed by atoms with van der Waals surface area (Å²) in [6, 6.07) is 0. The molecule has 2 aromatic heterocycles. The second-order valence-electron chi connectivity index (χ2n) is 4.38. The van der Waals surface area contributed by atoms with Gasteiger partial charge in [0.05, 0.1) is 17.4 Å². The Kier molecular flexibility index (Phi) is 4.06. The third-order valence-corrected chi connectivity index (χ3v) is 2.91. The van der Waals surface area contributed by atoms with E-state index in [4.69, 9.17) is 0 Å². The summed E-state index contributed by atoms with van der Waals surface area (Å²) in [6.07, 6.45) is 3.89. The Hall–Kier alpha value is -2.02. The molecule has 0 aromatic carbocycles. The highest BCUT2D eigenvalue weighted by atomic mass is 16.3. The molecule has 0 radical (unpaired) electrons. The summed E-state index contributed by atoms with van der Waals surface area (Å²) in [6.45, 7) is 4.00. The summed E-state index contributed by atoms with van der Waals surface area (Å²) in [4.78, 5) is 20.0. The fourth-order valence-corrected chi connectivity index (χ4v) is 1.85. The molecule has 2 heterocycles. The van der Waals surface area contributed by atoms with E-state index in [9.17, 15) is 9.90 Å². The molecule has 0 fully saturated rings. The van der Waals surface area contributed by atoms with Crippen molar-refractivity contribution in [1.29, 1.82) is 0 Å². The molecule has 0 saturated carbocycles. The summed E-state index contributed by atoms with van der Waals surface area (Å²) in [5, 5.41) is 16.3. The number of fused-ring (bicyclic) bond motifs is 1. The van der Waals surface area contributed by atoms with Gasteiger partial charge in [-0.25, -0.2) is 9.50 Å². The second kappa shape index (κ2) is 5.75. The van der Waals surface area contributed by atoms with Gasteiger partial charge in [0.1, 0.15) is 6.33 Å². The maximum atomic E-state index is 12.0. The van der Waals surface area contributed by atoms with Gasteiger partial charge in [-0.1, -0.05) is 13.3 Å². The third-order valence-electron chi connectivity index (χ3n) is 2.91. The standard InChI is InChI=1S/C12H17N5O2/c1-3-4-9(18)5-13-11(19)10-6-14-12-15-7-16-17(12)8(10)2/h6-7,9,18H,3-5H2,1-2H3,(H,13,19). The number of nitrogens with one attached hydrogen (secondary N) is 1. The predicted molar refractivity (Wildman–Crippen MR) is 68.8 cm³/mol. The highest BCUT2D eigenvalue weighted by Crippen LogP contribution is 2.07. The summed E-state index contributed by atoms with van der Waals surface area (Å²) < 4.78 is 1.51. The number of aliphatic hydroxyl groups is 1. The van der Waals surface area contributed by atoms with E-state index in [1.165, 1.54) is 17.0 Å². The van der Waals surface area contributed by atoms with Gasteiger partial charge < -0.3 is 10.4 Å². The zero-order valence-corrected chi connectivity index (χ0v) is 11.0. The largest absolute Gasteiger partial charge is 0.391 e. The second-order valence-corrected chi connectivity index (χ2v) is 4.38. The highest BCUT2D eigenvalue weighted by molar-refractivity contribution is 5.95. The number of aliphatic hydroxyl groups excluding tert-OH is 1. The lowest BCUT2D eigenvalue weighted by molar-refractivity contribution is 0.0908. The van der Waals surface area contributed by atoms with Crippen LogP contribution in [0.1, 0.15) is 35.8 Å². The van der Waals surface area contributed by atoms with Crippen molar-refractivity contribution in [3.05, 3.63) is 23.8 Å². The number of carbonyl (C=O) groups is 1. The van der Waals surface area contributed by atoms with Crippen molar-refractivity contribution in [2.75, 3.05) is 6.54 Å². The van der Waals surface area contributed by atoms with Crippen LogP contribution in [0.3, 0.4) is 0 Å². The predicted octanol–water partition coefficient (Wildman–Crippen LogP) is 0.324. The molecule has 19 heavy (non-hydrogen) atoms. The number of rotatable bonds is 5. The van der Waals surface area contributed by atoms with Crippen LogP contribution in [-0.2, 0) is 0 Å². The van der Waals surface area contributed by atoms with Crippen LogP contribution in [0.25, 0.3) is 5.78 Å². The van der Waals surface area contributed by atoms with Gasteiger partial charge in [-0.3, -0.25) is 4.79 Å². The van der Waals surface area contributed by atoms with Crippen LogP contribution < -0.4 is 5.32 Å². The first-order valence-corrected chi connectivity index (χ1v) is 6.25.